The van der Waals surface area contributed by atoms with E-state index in [2.05, 4.69) is 5.32 Å². The summed E-state index contributed by atoms with van der Waals surface area (Å²) in [5, 5.41) is 2.76. The van der Waals surface area contributed by atoms with E-state index in [0.29, 0.717) is 36.8 Å². The first-order valence-corrected chi connectivity index (χ1v) is 7.09. The Kier molecular flexibility index (Phi) is 5.77. The Labute approximate surface area is 128 Å². The van der Waals surface area contributed by atoms with Crippen molar-refractivity contribution in [3.8, 4) is 11.5 Å². The summed E-state index contributed by atoms with van der Waals surface area (Å²) in [6, 6.07) is 12.8. The van der Waals surface area contributed by atoms with Gasteiger partial charge in [0.2, 0.25) is 0 Å². The molecule has 2 aromatic rings. The van der Waals surface area contributed by atoms with E-state index in [4.69, 9.17) is 9.47 Å². The van der Waals surface area contributed by atoms with Gasteiger partial charge in [0.05, 0.1) is 18.7 Å². The molecule has 0 radical (unpaired) electrons. The Morgan fingerprint density at radius 1 is 1.09 bits per heavy atom. The van der Waals surface area contributed by atoms with Crippen LogP contribution in [0.1, 0.15) is 17.3 Å². The fourth-order valence-corrected chi connectivity index (χ4v) is 1.90. The molecule has 0 saturated heterocycles. The van der Waals surface area contributed by atoms with E-state index in [9.17, 15) is 9.18 Å². The maximum Gasteiger partial charge on any atom is 0.255 e. The highest BCUT2D eigenvalue weighted by Crippen LogP contribution is 2.17. The maximum absolute atomic E-state index is 12.7. The number of amides is 1. The van der Waals surface area contributed by atoms with Crippen LogP contribution in [0.4, 0.5) is 4.39 Å². The Morgan fingerprint density at radius 2 is 1.82 bits per heavy atom. The number of para-hydroxylation sites is 1. The number of nitrogens with one attached hydrogen (secondary N) is 1. The van der Waals surface area contributed by atoms with Gasteiger partial charge in [-0.25, -0.2) is 4.39 Å². The summed E-state index contributed by atoms with van der Waals surface area (Å²) in [6.07, 6.45) is 0. The second-order valence-corrected chi connectivity index (χ2v) is 4.49. The second-order valence-electron chi connectivity index (χ2n) is 4.49. The van der Waals surface area contributed by atoms with Crippen LogP contribution in [-0.2, 0) is 0 Å². The van der Waals surface area contributed by atoms with Crippen LogP contribution in [-0.4, -0.2) is 25.7 Å². The summed E-state index contributed by atoms with van der Waals surface area (Å²) in [5.41, 5.74) is 0.492. The molecule has 0 aliphatic carbocycles. The molecular formula is C17H18FNO3. The third-order valence-electron chi connectivity index (χ3n) is 2.90. The molecular weight excluding hydrogens is 285 g/mol. The molecule has 4 nitrogen and oxygen atoms in total. The predicted molar refractivity (Wildman–Crippen MR) is 81.8 cm³/mol. The molecule has 0 fully saturated rings. The van der Waals surface area contributed by atoms with Crippen molar-refractivity contribution < 1.29 is 18.7 Å². The monoisotopic (exact) mass is 303 g/mol. The van der Waals surface area contributed by atoms with Crippen molar-refractivity contribution in [2.24, 2.45) is 0 Å². The number of rotatable bonds is 7. The van der Waals surface area contributed by atoms with Crippen LogP contribution in [0.5, 0.6) is 11.5 Å². The highest BCUT2D eigenvalue weighted by atomic mass is 19.1. The average molecular weight is 303 g/mol. The van der Waals surface area contributed by atoms with Gasteiger partial charge in [-0.15, -0.1) is 0 Å². The molecule has 22 heavy (non-hydrogen) atoms. The fourth-order valence-electron chi connectivity index (χ4n) is 1.90. The second kappa shape index (κ2) is 8.02. The summed E-state index contributed by atoms with van der Waals surface area (Å²) in [4.78, 5) is 12.1. The zero-order valence-electron chi connectivity index (χ0n) is 12.3. The molecule has 0 saturated carbocycles. The van der Waals surface area contributed by atoms with Crippen molar-refractivity contribution >= 4 is 5.91 Å². The molecule has 0 bridgehead atoms. The molecule has 0 heterocycles. The lowest BCUT2D eigenvalue weighted by Gasteiger charge is -2.11. The molecule has 0 aromatic heterocycles. The smallest absolute Gasteiger partial charge is 0.255 e. The van der Waals surface area contributed by atoms with Gasteiger partial charge in [-0.1, -0.05) is 12.1 Å². The van der Waals surface area contributed by atoms with Crippen LogP contribution >= 0.6 is 0 Å². The third kappa shape index (κ3) is 4.48. The van der Waals surface area contributed by atoms with Crippen LogP contribution in [0.2, 0.25) is 0 Å². The van der Waals surface area contributed by atoms with E-state index >= 15 is 0 Å². The SMILES string of the molecule is CCOc1ccccc1C(=O)NCCOc1ccc(F)cc1. The van der Waals surface area contributed by atoms with Gasteiger partial charge in [-0.05, 0) is 43.3 Å². The van der Waals surface area contributed by atoms with E-state index in [0.717, 1.165) is 0 Å². The van der Waals surface area contributed by atoms with Gasteiger partial charge in [0.1, 0.15) is 23.9 Å². The molecule has 0 unspecified atom stereocenters. The molecule has 0 aliphatic rings. The van der Waals surface area contributed by atoms with Crippen molar-refractivity contribution in [2.75, 3.05) is 19.8 Å². The zero-order chi connectivity index (χ0) is 15.8. The number of halogens is 1. The average Bonchev–Trinajstić information content (AvgIpc) is 2.54. The molecule has 0 spiro atoms. The minimum Gasteiger partial charge on any atom is -0.493 e. The summed E-state index contributed by atoms with van der Waals surface area (Å²) in [7, 11) is 0. The Bertz CT molecular complexity index is 614. The van der Waals surface area contributed by atoms with Gasteiger partial charge in [-0.2, -0.15) is 0 Å². The topological polar surface area (TPSA) is 47.6 Å². The number of carbonyl (C=O) groups excluding carboxylic acids is 1. The van der Waals surface area contributed by atoms with Crippen LogP contribution in [0.15, 0.2) is 48.5 Å². The van der Waals surface area contributed by atoms with Gasteiger partial charge < -0.3 is 14.8 Å². The number of carbonyl (C=O) groups is 1. The van der Waals surface area contributed by atoms with Gasteiger partial charge in [0.15, 0.2) is 0 Å². The minimum atomic E-state index is -0.312. The Balaban J connectivity index is 1.81. The first-order chi connectivity index (χ1) is 10.7. The van der Waals surface area contributed by atoms with Gasteiger partial charge in [0, 0.05) is 0 Å². The van der Waals surface area contributed by atoms with Crippen LogP contribution in [0.25, 0.3) is 0 Å². The molecule has 0 aliphatic heterocycles. The van der Waals surface area contributed by atoms with Gasteiger partial charge in [-0.3, -0.25) is 4.79 Å². The molecule has 0 atom stereocenters. The lowest BCUT2D eigenvalue weighted by molar-refractivity contribution is 0.0943. The van der Waals surface area contributed by atoms with Crippen LogP contribution < -0.4 is 14.8 Å². The lowest BCUT2D eigenvalue weighted by atomic mass is 10.2. The summed E-state index contributed by atoms with van der Waals surface area (Å²) in [5.74, 6) is 0.590. The molecule has 5 heteroatoms. The molecule has 1 N–H and O–H groups in total. The zero-order valence-corrected chi connectivity index (χ0v) is 12.3. The molecule has 2 rings (SSSR count). The van der Waals surface area contributed by atoms with Crippen molar-refractivity contribution in [2.45, 2.75) is 6.92 Å². The molecule has 116 valence electrons. The van der Waals surface area contributed by atoms with E-state index < -0.39 is 0 Å². The summed E-state index contributed by atoms with van der Waals surface area (Å²) in [6.45, 7) is 3.01. The third-order valence-corrected chi connectivity index (χ3v) is 2.90. The van der Waals surface area contributed by atoms with E-state index in [1.54, 1.807) is 30.3 Å². The number of hydrogen-bond donors (Lipinski definition) is 1. The van der Waals surface area contributed by atoms with Gasteiger partial charge in [0.25, 0.3) is 5.91 Å². The van der Waals surface area contributed by atoms with Crippen molar-refractivity contribution in [3.63, 3.8) is 0 Å². The first-order valence-electron chi connectivity index (χ1n) is 7.09. The minimum absolute atomic E-state index is 0.216. The summed E-state index contributed by atoms with van der Waals surface area (Å²) >= 11 is 0. The van der Waals surface area contributed by atoms with E-state index in [-0.39, 0.29) is 11.7 Å². The number of hydrogen-bond acceptors (Lipinski definition) is 3. The fraction of sp³-hybridized carbons (Fsp3) is 0.235. The van der Waals surface area contributed by atoms with E-state index in [1.165, 1.54) is 12.1 Å². The number of benzene rings is 2. The Morgan fingerprint density at radius 3 is 2.55 bits per heavy atom. The normalized spacial score (nSPS) is 10.1. The highest BCUT2D eigenvalue weighted by Gasteiger charge is 2.10. The van der Waals surface area contributed by atoms with E-state index in [1.807, 2.05) is 13.0 Å². The lowest BCUT2D eigenvalue weighted by Crippen LogP contribution is -2.28. The standard InChI is InChI=1S/C17H18FNO3/c1-2-21-16-6-4-3-5-15(16)17(20)19-11-12-22-14-9-7-13(18)8-10-14/h3-10H,2,11-12H2,1H3,(H,19,20). The molecule has 1 amide bonds. The van der Waals surface area contributed by atoms with Crippen LogP contribution in [0, 0.1) is 5.82 Å². The van der Waals surface area contributed by atoms with Crippen molar-refractivity contribution in [1.29, 1.82) is 0 Å². The maximum atomic E-state index is 12.7. The van der Waals surface area contributed by atoms with Gasteiger partial charge >= 0.3 is 0 Å². The van der Waals surface area contributed by atoms with Crippen molar-refractivity contribution in [1.82, 2.24) is 5.32 Å². The van der Waals surface area contributed by atoms with Crippen molar-refractivity contribution in [3.05, 3.63) is 59.9 Å². The largest absolute Gasteiger partial charge is 0.493 e. The Hall–Kier alpha value is -2.56. The molecule has 2 aromatic carbocycles. The first kappa shape index (κ1) is 15.8. The number of ether oxygens (including phenoxy) is 2. The summed E-state index contributed by atoms with van der Waals surface area (Å²) < 4.78 is 23.6. The quantitative estimate of drug-likeness (QED) is 0.800. The van der Waals surface area contributed by atoms with Crippen LogP contribution in [0.3, 0.4) is 0 Å². The highest BCUT2D eigenvalue weighted by molar-refractivity contribution is 5.96. The predicted octanol–water partition coefficient (Wildman–Crippen LogP) is 3.03.